The van der Waals surface area contributed by atoms with E-state index in [-0.39, 0.29) is 22.6 Å². The predicted molar refractivity (Wildman–Crippen MR) is 80.4 cm³/mol. The van der Waals surface area contributed by atoms with Crippen LogP contribution in [0.5, 0.6) is 11.5 Å². The quantitative estimate of drug-likeness (QED) is 0.424. The predicted octanol–water partition coefficient (Wildman–Crippen LogP) is 1.11. The molecule has 10 heteroatoms. The fraction of sp³-hybridized carbons (Fsp3) is 0.286. The van der Waals surface area contributed by atoms with Crippen molar-refractivity contribution < 1.29 is 29.1 Å². The molecule has 0 saturated carbocycles. The number of methoxy groups -OCH3 is 2. The maximum Gasteiger partial charge on any atom is 0.337 e. The van der Waals surface area contributed by atoms with Gasteiger partial charge in [-0.05, 0) is 18.6 Å². The number of carbonyl (C=O) groups is 2. The number of phenols is 1. The van der Waals surface area contributed by atoms with Gasteiger partial charge in [-0.2, -0.15) is 0 Å². The van der Waals surface area contributed by atoms with E-state index < -0.39 is 34.4 Å². The summed E-state index contributed by atoms with van der Waals surface area (Å²) in [6, 6.07) is 0.776. The van der Waals surface area contributed by atoms with Gasteiger partial charge in [0, 0.05) is 11.8 Å². The SMILES string of the molecule is COC(=O)C1=C(C)NC(=O)NC1c1cc(OC)c(O)c([N+](=O)[O-])c1. The lowest BCUT2D eigenvalue weighted by Crippen LogP contribution is -2.45. The average Bonchev–Trinajstić information content (AvgIpc) is 2.53. The van der Waals surface area contributed by atoms with Crippen LogP contribution in [0.15, 0.2) is 23.4 Å². The number of rotatable bonds is 4. The summed E-state index contributed by atoms with van der Waals surface area (Å²) in [6.45, 7) is 1.50. The molecular weight excluding hydrogens is 322 g/mol. The minimum atomic E-state index is -1.00. The number of nitro groups is 1. The largest absolute Gasteiger partial charge is 0.500 e. The third-order valence-corrected chi connectivity index (χ3v) is 3.50. The summed E-state index contributed by atoms with van der Waals surface area (Å²) in [7, 11) is 2.40. The first-order valence-electron chi connectivity index (χ1n) is 6.72. The number of esters is 1. The number of nitrogens with one attached hydrogen (secondary N) is 2. The molecule has 1 aliphatic rings. The Balaban J connectivity index is 2.66. The summed E-state index contributed by atoms with van der Waals surface area (Å²) >= 11 is 0. The molecule has 10 nitrogen and oxygen atoms in total. The second-order valence-electron chi connectivity index (χ2n) is 4.91. The molecule has 0 bridgehead atoms. The fourth-order valence-corrected chi connectivity index (χ4v) is 2.40. The highest BCUT2D eigenvalue weighted by molar-refractivity contribution is 5.95. The number of allylic oxidation sites excluding steroid dienone is 1. The zero-order chi connectivity index (χ0) is 18.0. The molecule has 1 aromatic rings. The van der Waals surface area contributed by atoms with E-state index in [0.29, 0.717) is 0 Å². The van der Waals surface area contributed by atoms with Crippen LogP contribution in [-0.2, 0) is 9.53 Å². The molecule has 0 fully saturated rings. The van der Waals surface area contributed by atoms with Crippen LogP contribution in [0.4, 0.5) is 10.5 Å². The summed E-state index contributed by atoms with van der Waals surface area (Å²) in [5, 5.41) is 25.9. The van der Waals surface area contributed by atoms with Crippen LogP contribution in [0, 0.1) is 10.1 Å². The number of ether oxygens (including phenoxy) is 2. The molecule has 0 aromatic heterocycles. The summed E-state index contributed by atoms with van der Waals surface area (Å²) in [5.41, 5.74) is -0.0885. The Kier molecular flexibility index (Phi) is 4.58. The van der Waals surface area contributed by atoms with Crippen LogP contribution >= 0.6 is 0 Å². The minimum Gasteiger partial charge on any atom is -0.500 e. The standard InChI is InChI=1S/C14H15N3O7/c1-6-10(13(19)24-3)11(16-14(20)15-6)7-4-8(17(21)22)12(18)9(5-7)23-2/h4-5,11,18H,1-3H3,(H2,15,16,20). The molecule has 0 aliphatic carbocycles. The first kappa shape index (κ1) is 17.1. The normalized spacial score (nSPS) is 17.0. The van der Waals surface area contributed by atoms with E-state index in [2.05, 4.69) is 10.6 Å². The molecule has 1 heterocycles. The van der Waals surface area contributed by atoms with E-state index >= 15 is 0 Å². The lowest BCUT2D eigenvalue weighted by molar-refractivity contribution is -0.386. The highest BCUT2D eigenvalue weighted by Crippen LogP contribution is 2.40. The second-order valence-corrected chi connectivity index (χ2v) is 4.91. The molecule has 1 atom stereocenters. The maximum atomic E-state index is 12.0. The van der Waals surface area contributed by atoms with Crippen LogP contribution in [0.1, 0.15) is 18.5 Å². The molecule has 0 spiro atoms. The van der Waals surface area contributed by atoms with Crippen molar-refractivity contribution in [3.63, 3.8) is 0 Å². The first-order chi connectivity index (χ1) is 11.3. The van der Waals surface area contributed by atoms with Gasteiger partial charge in [0.25, 0.3) is 0 Å². The lowest BCUT2D eigenvalue weighted by atomic mass is 9.94. The Morgan fingerprint density at radius 1 is 1.38 bits per heavy atom. The van der Waals surface area contributed by atoms with Crippen LogP contribution < -0.4 is 15.4 Å². The van der Waals surface area contributed by atoms with Gasteiger partial charge < -0.3 is 25.2 Å². The highest BCUT2D eigenvalue weighted by atomic mass is 16.6. The Morgan fingerprint density at radius 3 is 2.58 bits per heavy atom. The molecule has 1 unspecified atom stereocenters. The van der Waals surface area contributed by atoms with Crippen LogP contribution in [0.25, 0.3) is 0 Å². The molecule has 1 aromatic carbocycles. The monoisotopic (exact) mass is 337 g/mol. The van der Waals surface area contributed by atoms with Crippen LogP contribution in [-0.4, -0.2) is 36.2 Å². The van der Waals surface area contributed by atoms with Crippen molar-refractivity contribution in [1.29, 1.82) is 0 Å². The fourth-order valence-electron chi connectivity index (χ4n) is 2.40. The Labute approximate surface area is 136 Å². The van der Waals surface area contributed by atoms with Crippen molar-refractivity contribution in [2.75, 3.05) is 14.2 Å². The number of nitrogens with zero attached hydrogens (tertiary/aromatic N) is 1. The van der Waals surface area contributed by atoms with Gasteiger partial charge in [0.1, 0.15) is 0 Å². The average molecular weight is 337 g/mol. The molecule has 24 heavy (non-hydrogen) atoms. The van der Waals surface area contributed by atoms with Gasteiger partial charge >= 0.3 is 17.7 Å². The lowest BCUT2D eigenvalue weighted by Gasteiger charge is -2.28. The Hall–Kier alpha value is -3.30. The van der Waals surface area contributed by atoms with Gasteiger partial charge in [-0.15, -0.1) is 0 Å². The number of hydrogen-bond acceptors (Lipinski definition) is 7. The first-order valence-corrected chi connectivity index (χ1v) is 6.72. The van der Waals surface area contributed by atoms with Gasteiger partial charge in [0.05, 0.1) is 30.8 Å². The van der Waals surface area contributed by atoms with E-state index in [1.54, 1.807) is 0 Å². The van der Waals surface area contributed by atoms with Gasteiger partial charge in [0.2, 0.25) is 5.75 Å². The molecule has 0 saturated heterocycles. The van der Waals surface area contributed by atoms with Crippen molar-refractivity contribution in [2.45, 2.75) is 13.0 Å². The molecule has 0 radical (unpaired) electrons. The number of amides is 2. The Bertz CT molecular complexity index is 757. The van der Waals surface area contributed by atoms with E-state index in [4.69, 9.17) is 9.47 Å². The van der Waals surface area contributed by atoms with Gasteiger partial charge in [-0.25, -0.2) is 9.59 Å². The number of carbonyl (C=O) groups excluding carboxylic acids is 2. The molecule has 128 valence electrons. The zero-order valence-electron chi connectivity index (χ0n) is 13.1. The third kappa shape index (κ3) is 2.93. The number of nitro benzene ring substituents is 1. The zero-order valence-corrected chi connectivity index (χ0v) is 13.1. The highest BCUT2D eigenvalue weighted by Gasteiger charge is 2.34. The van der Waals surface area contributed by atoms with Crippen molar-refractivity contribution in [1.82, 2.24) is 10.6 Å². The molecule has 2 rings (SSSR count). The summed E-state index contributed by atoms with van der Waals surface area (Å²) in [6.07, 6.45) is 0. The minimum absolute atomic E-state index is 0.0825. The van der Waals surface area contributed by atoms with Crippen LogP contribution in [0.3, 0.4) is 0 Å². The number of phenolic OH excluding ortho intramolecular Hbond substituents is 1. The number of aromatic hydroxyl groups is 1. The molecule has 1 aliphatic heterocycles. The summed E-state index contributed by atoms with van der Waals surface area (Å²) < 4.78 is 9.63. The van der Waals surface area contributed by atoms with Crippen LogP contribution in [0.2, 0.25) is 0 Å². The van der Waals surface area contributed by atoms with Crippen molar-refractivity contribution in [3.05, 3.63) is 39.1 Å². The van der Waals surface area contributed by atoms with E-state index in [0.717, 1.165) is 6.07 Å². The molecule has 2 amide bonds. The third-order valence-electron chi connectivity index (χ3n) is 3.50. The van der Waals surface area contributed by atoms with E-state index in [1.165, 1.54) is 27.2 Å². The van der Waals surface area contributed by atoms with Gasteiger partial charge in [-0.1, -0.05) is 0 Å². The van der Waals surface area contributed by atoms with E-state index in [9.17, 15) is 24.8 Å². The van der Waals surface area contributed by atoms with Gasteiger partial charge in [-0.3, -0.25) is 10.1 Å². The number of benzene rings is 1. The van der Waals surface area contributed by atoms with Crippen molar-refractivity contribution in [2.24, 2.45) is 0 Å². The summed E-state index contributed by atoms with van der Waals surface area (Å²) in [5.74, 6) is -1.51. The summed E-state index contributed by atoms with van der Waals surface area (Å²) in [4.78, 5) is 34.1. The van der Waals surface area contributed by atoms with E-state index in [1.807, 2.05) is 0 Å². The van der Waals surface area contributed by atoms with Crippen molar-refractivity contribution in [3.8, 4) is 11.5 Å². The molecular formula is C14H15N3O7. The van der Waals surface area contributed by atoms with Gasteiger partial charge in [0.15, 0.2) is 5.75 Å². The maximum absolute atomic E-state index is 12.0. The second kappa shape index (κ2) is 6.44. The molecule has 3 N–H and O–H groups in total. The number of hydrogen-bond donors (Lipinski definition) is 3. The van der Waals surface area contributed by atoms with Crippen molar-refractivity contribution >= 4 is 17.7 Å². The Morgan fingerprint density at radius 2 is 2.04 bits per heavy atom. The smallest absolute Gasteiger partial charge is 0.337 e. The topological polar surface area (TPSA) is 140 Å². The number of urea groups is 1.